The van der Waals surface area contributed by atoms with Gasteiger partial charge in [-0.2, -0.15) is 0 Å². The van der Waals surface area contributed by atoms with Gasteiger partial charge in [-0.05, 0) is 37.3 Å². The summed E-state index contributed by atoms with van der Waals surface area (Å²) in [6.45, 7) is 1.47. The minimum absolute atomic E-state index is 0.0695. The Morgan fingerprint density at radius 2 is 1.92 bits per heavy atom. The van der Waals surface area contributed by atoms with Crippen LogP contribution in [0, 0.1) is 0 Å². The zero-order valence-corrected chi connectivity index (χ0v) is 14.6. The summed E-state index contributed by atoms with van der Waals surface area (Å²) in [7, 11) is 1.49. The van der Waals surface area contributed by atoms with Crippen molar-refractivity contribution in [3.8, 4) is 5.75 Å². The molecule has 1 N–H and O–H groups in total. The van der Waals surface area contributed by atoms with Gasteiger partial charge in [0.25, 0.3) is 0 Å². The molecule has 24 heavy (non-hydrogen) atoms. The fourth-order valence-electron chi connectivity index (χ4n) is 2.08. The van der Waals surface area contributed by atoms with Crippen LogP contribution >= 0.6 is 23.2 Å². The molecule has 124 valence electrons. The van der Waals surface area contributed by atoms with Crippen LogP contribution in [-0.2, 0) is 4.79 Å². The zero-order valence-electron chi connectivity index (χ0n) is 13.1. The van der Waals surface area contributed by atoms with Crippen LogP contribution in [0.15, 0.2) is 42.5 Å². The molecule has 2 aromatic rings. The molecule has 0 spiro atoms. The van der Waals surface area contributed by atoms with Crippen LogP contribution in [0.2, 0.25) is 10.0 Å². The van der Waals surface area contributed by atoms with Crippen molar-refractivity contribution < 1.29 is 14.3 Å². The fraction of sp³-hybridized carbons (Fsp3) is 0.111. The van der Waals surface area contributed by atoms with Crippen molar-refractivity contribution in [3.63, 3.8) is 0 Å². The Bertz CT molecular complexity index is 816. The molecule has 1 amide bonds. The van der Waals surface area contributed by atoms with Gasteiger partial charge in [0.15, 0.2) is 5.78 Å². The Morgan fingerprint density at radius 3 is 2.58 bits per heavy atom. The van der Waals surface area contributed by atoms with Gasteiger partial charge >= 0.3 is 0 Å². The van der Waals surface area contributed by atoms with E-state index >= 15 is 0 Å². The fourth-order valence-corrected chi connectivity index (χ4v) is 2.67. The molecule has 0 heterocycles. The highest BCUT2D eigenvalue weighted by atomic mass is 35.5. The predicted octanol–water partition coefficient (Wildman–Crippen LogP) is 4.86. The molecule has 0 unspecified atom stereocenters. The summed E-state index contributed by atoms with van der Waals surface area (Å²) in [6.07, 6.45) is 2.89. The van der Waals surface area contributed by atoms with Gasteiger partial charge in [-0.25, -0.2) is 0 Å². The van der Waals surface area contributed by atoms with Crippen molar-refractivity contribution >= 4 is 46.7 Å². The predicted molar refractivity (Wildman–Crippen MR) is 97.1 cm³/mol. The molecule has 0 atom stereocenters. The first kappa shape index (κ1) is 18.0. The maximum Gasteiger partial charge on any atom is 0.248 e. The number of amides is 1. The van der Waals surface area contributed by atoms with Gasteiger partial charge in [-0.15, -0.1) is 0 Å². The van der Waals surface area contributed by atoms with Crippen LogP contribution in [0.1, 0.15) is 22.8 Å². The highest BCUT2D eigenvalue weighted by Gasteiger charge is 2.08. The minimum atomic E-state index is -0.353. The van der Waals surface area contributed by atoms with Crippen molar-refractivity contribution in [2.45, 2.75) is 6.92 Å². The Labute approximate surface area is 150 Å². The normalized spacial score (nSPS) is 10.7. The number of hydrogen-bond acceptors (Lipinski definition) is 3. The third kappa shape index (κ3) is 4.60. The summed E-state index contributed by atoms with van der Waals surface area (Å²) in [4.78, 5) is 23.4. The molecule has 0 saturated carbocycles. The number of hydrogen-bond donors (Lipinski definition) is 1. The van der Waals surface area contributed by atoms with Gasteiger partial charge in [-0.3, -0.25) is 9.59 Å². The van der Waals surface area contributed by atoms with Gasteiger partial charge < -0.3 is 10.1 Å². The number of Topliss-reactive ketones (excluding diaryl/α,β-unsaturated/α-hetero) is 1. The van der Waals surface area contributed by atoms with E-state index in [1.807, 2.05) is 0 Å². The van der Waals surface area contributed by atoms with Crippen LogP contribution < -0.4 is 10.1 Å². The van der Waals surface area contributed by atoms with Gasteiger partial charge in [0.2, 0.25) is 5.91 Å². The minimum Gasteiger partial charge on any atom is -0.495 e. The van der Waals surface area contributed by atoms with E-state index in [2.05, 4.69) is 5.32 Å². The lowest BCUT2D eigenvalue weighted by atomic mass is 10.1. The molecule has 0 aliphatic rings. The Morgan fingerprint density at radius 1 is 1.17 bits per heavy atom. The number of nitrogens with one attached hydrogen (secondary N) is 1. The van der Waals surface area contributed by atoms with Crippen LogP contribution in [0.3, 0.4) is 0 Å². The van der Waals surface area contributed by atoms with E-state index in [1.165, 1.54) is 20.1 Å². The number of halogens is 2. The second kappa shape index (κ2) is 7.99. The molecule has 6 heteroatoms. The molecule has 0 aromatic heterocycles. The lowest BCUT2D eigenvalue weighted by Gasteiger charge is -2.08. The zero-order chi connectivity index (χ0) is 17.7. The quantitative estimate of drug-likeness (QED) is 0.609. The van der Waals surface area contributed by atoms with E-state index < -0.39 is 0 Å². The van der Waals surface area contributed by atoms with Gasteiger partial charge in [0.1, 0.15) is 5.75 Å². The highest BCUT2D eigenvalue weighted by molar-refractivity contribution is 6.36. The van der Waals surface area contributed by atoms with Crippen LogP contribution in [0.4, 0.5) is 5.69 Å². The summed E-state index contributed by atoms with van der Waals surface area (Å²) in [6, 6.07) is 9.92. The molecule has 2 rings (SSSR count). The molecular formula is C18H15Cl2NO3. The van der Waals surface area contributed by atoms with E-state index in [1.54, 1.807) is 42.5 Å². The van der Waals surface area contributed by atoms with Crippen LogP contribution in [-0.4, -0.2) is 18.8 Å². The highest BCUT2D eigenvalue weighted by Crippen LogP contribution is 2.32. The van der Waals surface area contributed by atoms with E-state index in [9.17, 15) is 9.59 Å². The Hall–Kier alpha value is -2.30. The molecule has 2 aromatic carbocycles. The smallest absolute Gasteiger partial charge is 0.248 e. The van der Waals surface area contributed by atoms with Gasteiger partial charge in [-0.1, -0.05) is 35.3 Å². The lowest BCUT2D eigenvalue weighted by molar-refractivity contribution is -0.111. The SMILES string of the molecule is COc1c(Cl)cc(Cl)cc1/C=C/C(=O)Nc1cccc(C(C)=O)c1. The largest absolute Gasteiger partial charge is 0.495 e. The summed E-state index contributed by atoms with van der Waals surface area (Å²) >= 11 is 12.0. The van der Waals surface area contributed by atoms with Crippen LogP contribution in [0.25, 0.3) is 6.08 Å². The average molecular weight is 364 g/mol. The number of ether oxygens (including phenoxy) is 1. The number of rotatable bonds is 5. The van der Waals surface area contributed by atoms with E-state index in [4.69, 9.17) is 27.9 Å². The first-order valence-corrected chi connectivity index (χ1v) is 7.79. The lowest BCUT2D eigenvalue weighted by Crippen LogP contribution is -2.08. The number of methoxy groups -OCH3 is 1. The van der Waals surface area contributed by atoms with Crippen molar-refractivity contribution in [3.05, 3.63) is 63.6 Å². The second-order valence-corrected chi connectivity index (χ2v) is 5.81. The Balaban J connectivity index is 2.17. The number of carbonyl (C=O) groups excluding carboxylic acids is 2. The topological polar surface area (TPSA) is 55.4 Å². The van der Waals surface area contributed by atoms with Gasteiger partial charge in [0.05, 0.1) is 12.1 Å². The third-order valence-electron chi connectivity index (χ3n) is 3.19. The summed E-state index contributed by atoms with van der Waals surface area (Å²) < 4.78 is 5.21. The van der Waals surface area contributed by atoms with Crippen molar-refractivity contribution in [2.75, 3.05) is 12.4 Å². The maximum atomic E-state index is 12.0. The number of carbonyl (C=O) groups is 2. The summed E-state index contributed by atoms with van der Waals surface area (Å²) in [5, 5.41) is 3.49. The van der Waals surface area contributed by atoms with E-state index in [-0.39, 0.29) is 11.7 Å². The summed E-state index contributed by atoms with van der Waals surface area (Å²) in [5.41, 5.74) is 1.65. The van der Waals surface area contributed by atoms with Gasteiger partial charge in [0, 0.05) is 27.9 Å². The van der Waals surface area contributed by atoms with Crippen molar-refractivity contribution in [2.24, 2.45) is 0 Å². The molecule has 0 fully saturated rings. The molecule has 0 saturated heterocycles. The van der Waals surface area contributed by atoms with Crippen molar-refractivity contribution in [1.29, 1.82) is 0 Å². The standard InChI is InChI=1S/C18H15Cl2NO3/c1-11(22)12-4-3-5-15(9-12)21-17(23)7-6-13-8-14(19)10-16(20)18(13)24-2/h3-10H,1-2H3,(H,21,23)/b7-6+. The first-order valence-electron chi connectivity index (χ1n) is 7.04. The average Bonchev–Trinajstić information content (AvgIpc) is 2.52. The third-order valence-corrected chi connectivity index (χ3v) is 3.69. The van der Waals surface area contributed by atoms with Crippen LogP contribution in [0.5, 0.6) is 5.75 Å². The van der Waals surface area contributed by atoms with Crippen molar-refractivity contribution in [1.82, 2.24) is 0 Å². The number of anilines is 1. The van der Waals surface area contributed by atoms with E-state index in [0.717, 1.165) is 0 Å². The molecule has 0 aliphatic heterocycles. The van der Waals surface area contributed by atoms with E-state index in [0.29, 0.717) is 32.6 Å². The number of benzene rings is 2. The maximum absolute atomic E-state index is 12.0. The Kier molecular flexibility index (Phi) is 6.01. The first-order chi connectivity index (χ1) is 11.4. The second-order valence-electron chi connectivity index (χ2n) is 4.97. The molecular weight excluding hydrogens is 349 g/mol. The molecule has 0 bridgehead atoms. The molecule has 0 aliphatic carbocycles. The molecule has 4 nitrogen and oxygen atoms in total. The summed E-state index contributed by atoms with van der Waals surface area (Å²) in [5.74, 6) is 0.0116. The molecule has 0 radical (unpaired) electrons. The monoisotopic (exact) mass is 363 g/mol. The number of ketones is 1.